The lowest BCUT2D eigenvalue weighted by Gasteiger charge is -2.36. The molecule has 3 unspecified atom stereocenters. The zero-order valence-electron chi connectivity index (χ0n) is 12.7. The minimum atomic E-state index is 0.353. The van der Waals surface area contributed by atoms with E-state index in [0.29, 0.717) is 17.2 Å². The van der Waals surface area contributed by atoms with Crippen LogP contribution in [0.25, 0.3) is 0 Å². The average molecular weight is 299 g/mol. The fourth-order valence-corrected chi connectivity index (χ4v) is 4.52. The largest absolute Gasteiger partial charge is 0.312 e. The molecule has 110 valence electrons. The molecule has 4 heteroatoms. The monoisotopic (exact) mass is 299 g/mol. The predicted molar refractivity (Wildman–Crippen MR) is 87.7 cm³/mol. The van der Waals surface area contributed by atoms with Crippen LogP contribution in [0.15, 0.2) is 41.7 Å². The molecule has 0 aliphatic heterocycles. The molecule has 1 aromatic heterocycles. The molecule has 21 heavy (non-hydrogen) atoms. The van der Waals surface area contributed by atoms with E-state index >= 15 is 0 Å². The van der Waals surface area contributed by atoms with Gasteiger partial charge in [-0.1, -0.05) is 43.0 Å². The van der Waals surface area contributed by atoms with E-state index in [-0.39, 0.29) is 0 Å². The van der Waals surface area contributed by atoms with E-state index in [1.54, 1.807) is 11.8 Å². The van der Waals surface area contributed by atoms with Crippen LogP contribution in [0.3, 0.4) is 0 Å². The standard InChI is InChI=1S/C17H21N3S/c1-11-10-15(21-17-19-9-8-12(2)20-17)16(18-3)14-7-5-4-6-13(11)14/h4-9,11,15-16,18H,10H2,1-3H3. The first-order valence-electron chi connectivity index (χ1n) is 7.41. The van der Waals surface area contributed by atoms with Gasteiger partial charge in [-0.25, -0.2) is 9.97 Å². The van der Waals surface area contributed by atoms with Crippen LogP contribution in [0.5, 0.6) is 0 Å². The van der Waals surface area contributed by atoms with Crippen LogP contribution in [-0.2, 0) is 0 Å². The lowest BCUT2D eigenvalue weighted by atomic mass is 9.81. The molecular formula is C17H21N3S. The number of aryl methyl sites for hydroxylation is 1. The Hall–Kier alpha value is -1.39. The van der Waals surface area contributed by atoms with Crippen LogP contribution < -0.4 is 5.32 Å². The van der Waals surface area contributed by atoms with E-state index in [2.05, 4.69) is 46.5 Å². The highest BCUT2D eigenvalue weighted by Gasteiger charge is 2.33. The Bertz CT molecular complexity index is 629. The fourth-order valence-electron chi connectivity index (χ4n) is 3.13. The van der Waals surface area contributed by atoms with Gasteiger partial charge in [0, 0.05) is 23.2 Å². The van der Waals surface area contributed by atoms with Crippen molar-refractivity contribution in [3.63, 3.8) is 0 Å². The van der Waals surface area contributed by atoms with E-state index in [1.807, 2.05) is 26.2 Å². The number of thioether (sulfide) groups is 1. The van der Waals surface area contributed by atoms with Gasteiger partial charge in [-0.3, -0.25) is 0 Å². The third-order valence-corrected chi connectivity index (χ3v) is 5.34. The Labute approximate surface area is 130 Å². The summed E-state index contributed by atoms with van der Waals surface area (Å²) in [6, 6.07) is 11.1. The molecule has 0 amide bonds. The molecule has 1 heterocycles. The minimum Gasteiger partial charge on any atom is -0.312 e. The molecule has 0 saturated carbocycles. The van der Waals surface area contributed by atoms with Crippen LogP contribution in [0.2, 0.25) is 0 Å². The second-order valence-electron chi connectivity index (χ2n) is 5.67. The molecule has 0 fully saturated rings. The van der Waals surface area contributed by atoms with Crippen molar-refractivity contribution in [1.29, 1.82) is 0 Å². The number of hydrogen-bond acceptors (Lipinski definition) is 4. The Kier molecular flexibility index (Phi) is 4.27. The summed E-state index contributed by atoms with van der Waals surface area (Å²) < 4.78 is 0. The van der Waals surface area contributed by atoms with Crippen molar-refractivity contribution >= 4 is 11.8 Å². The van der Waals surface area contributed by atoms with Gasteiger partial charge in [-0.2, -0.15) is 0 Å². The molecule has 1 aliphatic rings. The van der Waals surface area contributed by atoms with Crippen LogP contribution in [0.4, 0.5) is 0 Å². The van der Waals surface area contributed by atoms with Crippen molar-refractivity contribution in [1.82, 2.24) is 15.3 Å². The lowest BCUT2D eigenvalue weighted by Crippen LogP contribution is -2.33. The second kappa shape index (κ2) is 6.16. The van der Waals surface area contributed by atoms with Gasteiger partial charge in [-0.15, -0.1) is 0 Å². The summed E-state index contributed by atoms with van der Waals surface area (Å²) in [5.41, 5.74) is 3.92. The Morgan fingerprint density at radius 1 is 1.19 bits per heavy atom. The van der Waals surface area contributed by atoms with Crippen LogP contribution in [-0.4, -0.2) is 22.3 Å². The third kappa shape index (κ3) is 2.97. The van der Waals surface area contributed by atoms with Gasteiger partial charge >= 0.3 is 0 Å². The van der Waals surface area contributed by atoms with Crippen molar-refractivity contribution in [3.8, 4) is 0 Å². The summed E-state index contributed by atoms with van der Waals surface area (Å²) in [7, 11) is 2.04. The van der Waals surface area contributed by atoms with Crippen molar-refractivity contribution in [2.75, 3.05) is 7.05 Å². The molecule has 3 nitrogen and oxygen atoms in total. The Morgan fingerprint density at radius 2 is 1.95 bits per heavy atom. The number of fused-ring (bicyclic) bond motifs is 1. The molecule has 0 saturated heterocycles. The number of rotatable bonds is 3. The highest BCUT2D eigenvalue weighted by atomic mass is 32.2. The molecule has 1 aromatic carbocycles. The average Bonchev–Trinajstić information content (AvgIpc) is 2.48. The number of nitrogens with zero attached hydrogens (tertiary/aromatic N) is 2. The summed E-state index contributed by atoms with van der Waals surface area (Å²) in [6.45, 7) is 4.33. The normalized spacial score (nSPS) is 24.6. The zero-order chi connectivity index (χ0) is 14.8. The number of aromatic nitrogens is 2. The highest BCUT2D eigenvalue weighted by Crippen LogP contribution is 2.43. The molecule has 1 aliphatic carbocycles. The van der Waals surface area contributed by atoms with E-state index in [1.165, 1.54) is 11.1 Å². The van der Waals surface area contributed by atoms with E-state index < -0.39 is 0 Å². The SMILES string of the molecule is CNC1c2ccccc2C(C)CC1Sc1nccc(C)n1. The number of hydrogen-bond donors (Lipinski definition) is 1. The van der Waals surface area contributed by atoms with Gasteiger partial charge < -0.3 is 5.32 Å². The van der Waals surface area contributed by atoms with Crippen molar-refractivity contribution < 1.29 is 0 Å². The maximum atomic E-state index is 4.54. The lowest BCUT2D eigenvalue weighted by molar-refractivity contribution is 0.472. The number of nitrogens with one attached hydrogen (secondary N) is 1. The molecule has 0 radical (unpaired) electrons. The maximum absolute atomic E-state index is 4.54. The van der Waals surface area contributed by atoms with Gasteiger partial charge in [0.15, 0.2) is 5.16 Å². The number of benzene rings is 1. The summed E-state index contributed by atoms with van der Waals surface area (Å²) in [5.74, 6) is 0.577. The quantitative estimate of drug-likeness (QED) is 0.877. The van der Waals surface area contributed by atoms with Crippen LogP contribution in [0.1, 0.15) is 42.1 Å². The molecule has 1 N–H and O–H groups in total. The first kappa shape index (κ1) is 14.5. The van der Waals surface area contributed by atoms with Gasteiger partial charge in [0.05, 0.1) is 0 Å². The van der Waals surface area contributed by atoms with Crippen molar-refractivity contribution in [2.24, 2.45) is 0 Å². The van der Waals surface area contributed by atoms with E-state index in [9.17, 15) is 0 Å². The van der Waals surface area contributed by atoms with Crippen LogP contribution in [0, 0.1) is 6.92 Å². The van der Waals surface area contributed by atoms with E-state index in [4.69, 9.17) is 0 Å². The summed E-state index contributed by atoms with van der Waals surface area (Å²) >= 11 is 1.79. The van der Waals surface area contributed by atoms with Gasteiger partial charge in [-0.05, 0) is 43.5 Å². The molecular weight excluding hydrogens is 278 g/mol. The van der Waals surface area contributed by atoms with Crippen molar-refractivity contribution in [2.45, 2.75) is 42.6 Å². The predicted octanol–water partition coefficient (Wildman–Crippen LogP) is 3.71. The molecule has 2 aromatic rings. The molecule has 0 spiro atoms. The first-order valence-corrected chi connectivity index (χ1v) is 8.29. The smallest absolute Gasteiger partial charge is 0.188 e. The van der Waals surface area contributed by atoms with Gasteiger partial charge in [0.25, 0.3) is 0 Å². The molecule has 3 atom stereocenters. The summed E-state index contributed by atoms with van der Waals surface area (Å²) in [5, 5.41) is 4.83. The molecule has 3 rings (SSSR count). The van der Waals surface area contributed by atoms with Crippen LogP contribution >= 0.6 is 11.8 Å². The molecule has 0 bridgehead atoms. The Morgan fingerprint density at radius 3 is 2.67 bits per heavy atom. The van der Waals surface area contributed by atoms with Gasteiger partial charge in [0.2, 0.25) is 0 Å². The summed E-state index contributed by atoms with van der Waals surface area (Å²) in [6.07, 6.45) is 2.99. The Balaban J connectivity index is 1.89. The third-order valence-electron chi connectivity index (χ3n) is 4.16. The first-order chi connectivity index (χ1) is 10.2. The topological polar surface area (TPSA) is 37.8 Å². The maximum Gasteiger partial charge on any atom is 0.188 e. The fraction of sp³-hybridized carbons (Fsp3) is 0.412. The summed E-state index contributed by atoms with van der Waals surface area (Å²) in [4.78, 5) is 8.95. The van der Waals surface area contributed by atoms with Crippen molar-refractivity contribution in [3.05, 3.63) is 53.3 Å². The van der Waals surface area contributed by atoms with E-state index in [0.717, 1.165) is 17.3 Å². The highest BCUT2D eigenvalue weighted by molar-refractivity contribution is 7.99. The van der Waals surface area contributed by atoms with Gasteiger partial charge in [0.1, 0.15) is 0 Å². The zero-order valence-corrected chi connectivity index (χ0v) is 13.5. The minimum absolute atomic E-state index is 0.353. The second-order valence-corrected chi connectivity index (χ2v) is 6.88.